The summed E-state index contributed by atoms with van der Waals surface area (Å²) in [6, 6.07) is 34.7. The predicted octanol–water partition coefficient (Wildman–Crippen LogP) is 7.35. The van der Waals surface area contributed by atoms with E-state index in [2.05, 4.69) is 153 Å². The Morgan fingerprint density at radius 2 is 0.706 bits per heavy atom. The molecule has 1 heteroatoms. The third-order valence-corrected chi connectivity index (χ3v) is 20.3. The van der Waals surface area contributed by atoms with E-state index in [1.165, 1.54) is 0 Å². The molecule has 0 spiro atoms. The van der Waals surface area contributed by atoms with Crippen molar-refractivity contribution in [2.75, 3.05) is 0 Å². The summed E-state index contributed by atoms with van der Waals surface area (Å²) in [6.45, 7) is 22.2. The molecule has 0 aromatic heterocycles. The van der Waals surface area contributed by atoms with Crippen molar-refractivity contribution in [3.63, 3.8) is 0 Å². The summed E-state index contributed by atoms with van der Waals surface area (Å²) in [4.78, 5) is 0. The van der Waals surface area contributed by atoms with Crippen LogP contribution in [-0.4, -0.2) is 13.3 Å². The number of allylic oxidation sites excluding steroid dienone is 2. The maximum atomic E-state index is 2.51. The summed E-state index contributed by atoms with van der Waals surface area (Å²) in [5.41, 5.74) is 3.68. The van der Waals surface area contributed by atoms with Crippen LogP contribution in [0, 0.1) is 16.2 Å². The molecule has 34 heavy (non-hydrogen) atoms. The molecule has 3 aromatic rings. The molecule has 0 saturated carbocycles. The normalized spacial score (nSPS) is 16.5. The van der Waals surface area contributed by atoms with Gasteiger partial charge in [0.25, 0.3) is 0 Å². The average Bonchev–Trinajstić information content (AvgIpc) is 3.51. The first-order valence-electron chi connectivity index (χ1n) is 12.7. The van der Waals surface area contributed by atoms with Crippen molar-refractivity contribution in [3.8, 4) is 0 Å². The minimum absolute atomic E-state index is 0.0353. The summed E-state index contributed by atoms with van der Waals surface area (Å²) in [6.07, 6.45) is 0. The van der Waals surface area contributed by atoms with Crippen LogP contribution in [0.2, 0.25) is 4.25 Å². The number of benzene rings is 3. The summed E-state index contributed by atoms with van der Waals surface area (Å²) in [5.74, 6) is 0. The van der Waals surface area contributed by atoms with Crippen molar-refractivity contribution in [2.24, 2.45) is 16.2 Å². The number of rotatable bonds is 4. The fourth-order valence-corrected chi connectivity index (χ4v) is 22.1. The van der Waals surface area contributed by atoms with Gasteiger partial charge in [-0.15, -0.1) is 0 Å². The summed E-state index contributed by atoms with van der Waals surface area (Å²) >= 11 is -3.38. The van der Waals surface area contributed by atoms with Gasteiger partial charge >= 0.3 is 211 Å². The van der Waals surface area contributed by atoms with Gasteiger partial charge in [0.05, 0.1) is 0 Å². The Morgan fingerprint density at radius 1 is 0.441 bits per heavy atom. The predicted molar refractivity (Wildman–Crippen MR) is 152 cm³/mol. The molecule has 0 radical (unpaired) electrons. The van der Waals surface area contributed by atoms with E-state index in [0.717, 1.165) is 0 Å². The molecule has 0 N–H and O–H groups in total. The molecule has 0 heterocycles. The van der Waals surface area contributed by atoms with E-state index in [1.54, 1.807) is 24.3 Å². The van der Waals surface area contributed by atoms with Gasteiger partial charge in [0, 0.05) is 0 Å². The van der Waals surface area contributed by atoms with Gasteiger partial charge in [-0.05, 0) is 0 Å². The summed E-state index contributed by atoms with van der Waals surface area (Å²) in [7, 11) is 0. The Morgan fingerprint density at radius 3 is 0.912 bits per heavy atom. The van der Waals surface area contributed by atoms with E-state index in [1.807, 2.05) is 0 Å². The van der Waals surface area contributed by atoms with E-state index < -0.39 is 13.3 Å². The number of hydrogen-bond donors (Lipinski definition) is 0. The van der Waals surface area contributed by atoms with Gasteiger partial charge in [0.15, 0.2) is 0 Å². The summed E-state index contributed by atoms with van der Waals surface area (Å²) in [5, 5.41) is 0. The second kappa shape index (κ2) is 8.26. The van der Waals surface area contributed by atoms with Crippen molar-refractivity contribution < 1.29 is 0 Å². The van der Waals surface area contributed by atoms with Gasteiger partial charge in [-0.1, -0.05) is 0 Å². The molecule has 1 aliphatic carbocycles. The van der Waals surface area contributed by atoms with E-state index in [0.29, 0.717) is 0 Å². The van der Waals surface area contributed by atoms with Gasteiger partial charge in [0.1, 0.15) is 0 Å². The van der Waals surface area contributed by atoms with E-state index in [4.69, 9.17) is 0 Å². The van der Waals surface area contributed by atoms with Gasteiger partial charge < -0.3 is 0 Å². The molecule has 0 unspecified atom stereocenters. The second-order valence-corrected chi connectivity index (χ2v) is 21.5. The van der Waals surface area contributed by atoms with Crippen LogP contribution in [0.4, 0.5) is 0 Å². The third-order valence-electron chi connectivity index (χ3n) is 7.75. The molecular formula is C33H42Ge. The molecule has 0 atom stereocenters. The van der Waals surface area contributed by atoms with E-state index in [-0.39, 0.29) is 20.5 Å². The van der Waals surface area contributed by atoms with Crippen molar-refractivity contribution in [2.45, 2.75) is 66.6 Å². The van der Waals surface area contributed by atoms with Gasteiger partial charge in [0.2, 0.25) is 0 Å². The maximum absolute atomic E-state index is 3.38. The zero-order chi connectivity index (χ0) is 25.0. The Kier molecular flexibility index (Phi) is 6.09. The monoisotopic (exact) mass is 512 g/mol. The third kappa shape index (κ3) is 3.56. The molecule has 0 nitrogen and oxygen atoms in total. The Hall–Kier alpha value is -2.06. The minimum atomic E-state index is -3.38. The van der Waals surface area contributed by atoms with Crippen LogP contribution in [-0.2, 0) is 0 Å². The Balaban J connectivity index is 2.27. The fraction of sp³-hybridized carbons (Fsp3) is 0.394. The van der Waals surface area contributed by atoms with Crippen LogP contribution in [0.1, 0.15) is 62.3 Å². The molecule has 0 bridgehead atoms. The first kappa shape index (κ1) is 25.0. The molecule has 0 aliphatic heterocycles. The quantitative estimate of drug-likeness (QED) is 0.254. The Bertz CT molecular complexity index is 1040. The van der Waals surface area contributed by atoms with Crippen LogP contribution in [0.15, 0.2) is 102 Å². The second-order valence-electron chi connectivity index (χ2n) is 13.1. The zero-order valence-electron chi connectivity index (χ0n) is 22.7. The summed E-state index contributed by atoms with van der Waals surface area (Å²) < 4.78 is 4.69. The fourth-order valence-electron chi connectivity index (χ4n) is 7.06. The standard InChI is InChI=1S/C33H42Ge/c1-30(2,3)28-29(31(4,5)6)33(28,32(7,8)9)34(25-19-13-10-14-20-25,26-21-15-11-16-22-26)27-23-17-12-18-24-27/h10-24H,1-9H3. The van der Waals surface area contributed by atoms with Crippen molar-refractivity contribution >= 4 is 26.5 Å². The average molecular weight is 511 g/mol. The molecular weight excluding hydrogens is 469 g/mol. The van der Waals surface area contributed by atoms with Gasteiger partial charge in [-0.3, -0.25) is 0 Å². The van der Waals surface area contributed by atoms with Gasteiger partial charge in [-0.25, -0.2) is 0 Å². The molecule has 0 fully saturated rings. The molecule has 1 aliphatic rings. The molecule has 178 valence electrons. The molecule has 3 aromatic carbocycles. The molecule has 0 saturated heterocycles. The van der Waals surface area contributed by atoms with Crippen LogP contribution >= 0.6 is 0 Å². The molecule has 4 rings (SSSR count). The van der Waals surface area contributed by atoms with Crippen LogP contribution < -0.4 is 13.2 Å². The van der Waals surface area contributed by atoms with Crippen LogP contribution in [0.25, 0.3) is 0 Å². The van der Waals surface area contributed by atoms with Crippen LogP contribution in [0.3, 0.4) is 0 Å². The van der Waals surface area contributed by atoms with Crippen LogP contribution in [0.5, 0.6) is 0 Å². The van der Waals surface area contributed by atoms with E-state index in [9.17, 15) is 0 Å². The van der Waals surface area contributed by atoms with Crippen molar-refractivity contribution in [1.29, 1.82) is 0 Å². The molecule has 0 amide bonds. The SMILES string of the molecule is CC(C)(C)C1=C(C(C)(C)C)[C]1(C(C)(C)C)[Ge]([c]1ccccc1)([c]1ccccc1)[c]1ccccc1. The topological polar surface area (TPSA) is 0 Å². The van der Waals surface area contributed by atoms with Crippen molar-refractivity contribution in [3.05, 3.63) is 102 Å². The first-order chi connectivity index (χ1) is 15.8. The van der Waals surface area contributed by atoms with E-state index >= 15 is 0 Å². The Labute approximate surface area is 210 Å². The zero-order valence-corrected chi connectivity index (χ0v) is 24.8. The first-order valence-corrected chi connectivity index (χ1v) is 16.9. The van der Waals surface area contributed by atoms with Gasteiger partial charge in [-0.2, -0.15) is 0 Å². The number of hydrogen-bond acceptors (Lipinski definition) is 0. The van der Waals surface area contributed by atoms with Crippen molar-refractivity contribution in [1.82, 2.24) is 0 Å².